The monoisotopic (exact) mass is 409 g/mol. The van der Waals surface area contributed by atoms with E-state index in [2.05, 4.69) is 10.3 Å². The van der Waals surface area contributed by atoms with Crippen LogP contribution in [0.25, 0.3) is 0 Å². The second-order valence-corrected chi connectivity index (χ2v) is 7.85. The van der Waals surface area contributed by atoms with Gasteiger partial charge in [-0.25, -0.2) is 0 Å². The van der Waals surface area contributed by atoms with Gasteiger partial charge in [0.15, 0.2) is 0 Å². The van der Waals surface area contributed by atoms with Crippen LogP contribution in [-0.4, -0.2) is 40.7 Å². The summed E-state index contributed by atoms with van der Waals surface area (Å²) in [6, 6.07) is 4.46. The number of hydrogen-bond donors (Lipinski definition) is 1. The summed E-state index contributed by atoms with van der Waals surface area (Å²) in [5.41, 5.74) is -1.07. The zero-order chi connectivity index (χ0) is 21.2. The van der Waals surface area contributed by atoms with E-state index in [4.69, 9.17) is 0 Å². The summed E-state index contributed by atoms with van der Waals surface area (Å²) < 4.78 is 38.5. The van der Waals surface area contributed by atoms with Crippen molar-refractivity contribution in [2.24, 2.45) is 4.99 Å². The number of benzene rings is 1. The van der Waals surface area contributed by atoms with Gasteiger partial charge in [-0.3, -0.25) is 14.6 Å². The van der Waals surface area contributed by atoms with Crippen LogP contribution in [0.3, 0.4) is 0 Å². The highest BCUT2D eigenvalue weighted by Gasteiger charge is 2.48. The topological polar surface area (TPSA) is 61.8 Å². The van der Waals surface area contributed by atoms with Crippen LogP contribution in [-0.2, 0) is 15.8 Å². The molecule has 0 aromatic heterocycles. The average molecular weight is 409 g/mol. The number of nitrogens with one attached hydrogen (secondary N) is 1. The van der Waals surface area contributed by atoms with E-state index in [-0.39, 0.29) is 24.2 Å². The summed E-state index contributed by atoms with van der Waals surface area (Å²) in [4.78, 5) is 31.8. The first kappa shape index (κ1) is 21.3. The number of halogens is 3. The maximum atomic E-state index is 13.1. The Morgan fingerprint density at radius 1 is 1.21 bits per heavy atom. The molecule has 0 radical (unpaired) electrons. The van der Waals surface area contributed by atoms with Gasteiger partial charge in [0.25, 0.3) is 5.91 Å². The molecule has 29 heavy (non-hydrogen) atoms. The lowest BCUT2D eigenvalue weighted by molar-refractivity contribution is -0.137. The largest absolute Gasteiger partial charge is 0.416 e. The number of alkyl halides is 3. The molecule has 1 aromatic carbocycles. The Kier molecular flexibility index (Phi) is 6.00. The molecule has 1 fully saturated rings. The van der Waals surface area contributed by atoms with Crippen LogP contribution in [0.2, 0.25) is 0 Å². The SMILES string of the molecule is CCC(C)NC(=O)CN1C(=O)C(c2ccc(C(F)(F)F)cc2)=NC12CCCCC2. The van der Waals surface area contributed by atoms with Gasteiger partial charge in [-0.2, -0.15) is 13.2 Å². The van der Waals surface area contributed by atoms with Gasteiger partial charge in [0.1, 0.15) is 17.9 Å². The molecule has 3 rings (SSSR count). The number of rotatable bonds is 5. The van der Waals surface area contributed by atoms with E-state index >= 15 is 0 Å². The number of amides is 2. The third-order valence-electron chi connectivity index (χ3n) is 5.73. The quantitative estimate of drug-likeness (QED) is 0.802. The zero-order valence-corrected chi connectivity index (χ0v) is 16.7. The van der Waals surface area contributed by atoms with E-state index in [1.54, 1.807) is 0 Å². The van der Waals surface area contributed by atoms with E-state index in [0.717, 1.165) is 37.8 Å². The van der Waals surface area contributed by atoms with E-state index in [1.807, 2.05) is 13.8 Å². The minimum Gasteiger partial charge on any atom is -0.352 e. The highest BCUT2D eigenvalue weighted by Crippen LogP contribution is 2.39. The Labute approximate surface area is 168 Å². The highest BCUT2D eigenvalue weighted by molar-refractivity contribution is 6.47. The molecular weight excluding hydrogens is 383 g/mol. The van der Waals surface area contributed by atoms with Crippen molar-refractivity contribution in [2.75, 3.05) is 6.54 Å². The summed E-state index contributed by atoms with van der Waals surface area (Å²) in [5, 5.41) is 2.87. The van der Waals surface area contributed by atoms with Gasteiger partial charge < -0.3 is 10.2 Å². The predicted molar refractivity (Wildman–Crippen MR) is 103 cm³/mol. The van der Waals surface area contributed by atoms with Crippen molar-refractivity contribution in [3.63, 3.8) is 0 Å². The Hall–Kier alpha value is -2.38. The van der Waals surface area contributed by atoms with E-state index in [0.29, 0.717) is 18.4 Å². The van der Waals surface area contributed by atoms with E-state index < -0.39 is 23.3 Å². The molecule has 1 aliphatic carbocycles. The number of hydrogen-bond acceptors (Lipinski definition) is 3. The third-order valence-corrected chi connectivity index (χ3v) is 5.73. The van der Waals surface area contributed by atoms with Crippen molar-refractivity contribution in [3.8, 4) is 0 Å². The Balaban J connectivity index is 1.88. The van der Waals surface area contributed by atoms with Crippen molar-refractivity contribution in [1.82, 2.24) is 10.2 Å². The fraction of sp³-hybridized carbons (Fsp3) is 0.571. The molecule has 0 saturated heterocycles. The Morgan fingerprint density at radius 2 is 1.83 bits per heavy atom. The molecule has 1 unspecified atom stereocenters. The van der Waals surface area contributed by atoms with E-state index in [9.17, 15) is 22.8 Å². The average Bonchev–Trinajstić information content (AvgIpc) is 2.93. The van der Waals surface area contributed by atoms with Crippen molar-refractivity contribution < 1.29 is 22.8 Å². The molecule has 1 aromatic rings. The van der Waals surface area contributed by atoms with Crippen LogP contribution >= 0.6 is 0 Å². The molecule has 158 valence electrons. The maximum Gasteiger partial charge on any atom is 0.416 e. The summed E-state index contributed by atoms with van der Waals surface area (Å²) in [6.07, 6.45) is 0.455. The smallest absolute Gasteiger partial charge is 0.352 e. The highest BCUT2D eigenvalue weighted by atomic mass is 19.4. The fourth-order valence-electron chi connectivity index (χ4n) is 3.92. The maximum absolute atomic E-state index is 13.1. The zero-order valence-electron chi connectivity index (χ0n) is 16.7. The number of nitrogens with zero attached hydrogens (tertiary/aromatic N) is 2. The minimum atomic E-state index is -4.44. The molecule has 5 nitrogen and oxygen atoms in total. The van der Waals surface area contributed by atoms with Crippen molar-refractivity contribution in [3.05, 3.63) is 35.4 Å². The van der Waals surface area contributed by atoms with Crippen LogP contribution in [0.5, 0.6) is 0 Å². The van der Waals surface area contributed by atoms with Crippen molar-refractivity contribution >= 4 is 17.5 Å². The van der Waals surface area contributed by atoms with Crippen LogP contribution < -0.4 is 5.32 Å². The summed E-state index contributed by atoms with van der Waals surface area (Å²) in [7, 11) is 0. The first-order valence-corrected chi connectivity index (χ1v) is 10.0. The molecule has 0 bridgehead atoms. The normalized spacial score (nSPS) is 20.0. The Morgan fingerprint density at radius 3 is 2.38 bits per heavy atom. The first-order chi connectivity index (χ1) is 13.7. The lowest BCUT2D eigenvalue weighted by Crippen LogP contribution is -2.52. The van der Waals surface area contributed by atoms with Crippen LogP contribution in [0.4, 0.5) is 13.2 Å². The number of carbonyl (C=O) groups excluding carboxylic acids is 2. The molecule has 1 atom stereocenters. The summed E-state index contributed by atoms with van der Waals surface area (Å²) in [6.45, 7) is 3.75. The molecule has 1 heterocycles. The number of aliphatic imine (C=N–C) groups is 1. The predicted octanol–water partition coefficient (Wildman–Crippen LogP) is 3.91. The molecule has 1 spiro atoms. The van der Waals surface area contributed by atoms with Gasteiger partial charge in [0, 0.05) is 11.6 Å². The van der Waals surface area contributed by atoms with E-state index in [1.165, 1.54) is 17.0 Å². The van der Waals surface area contributed by atoms with Crippen molar-refractivity contribution in [2.45, 2.75) is 70.3 Å². The van der Waals surface area contributed by atoms with Gasteiger partial charge in [-0.15, -0.1) is 0 Å². The van der Waals surface area contributed by atoms with Crippen LogP contribution in [0, 0.1) is 0 Å². The molecule has 1 N–H and O–H groups in total. The molecule has 2 aliphatic rings. The number of carbonyl (C=O) groups is 2. The molecular formula is C21H26F3N3O2. The van der Waals surface area contributed by atoms with Crippen LogP contribution in [0.15, 0.2) is 29.3 Å². The summed E-state index contributed by atoms with van der Waals surface area (Å²) >= 11 is 0. The van der Waals surface area contributed by atoms with Gasteiger partial charge in [0.05, 0.1) is 5.56 Å². The first-order valence-electron chi connectivity index (χ1n) is 10.0. The van der Waals surface area contributed by atoms with Gasteiger partial charge in [-0.1, -0.05) is 25.5 Å². The lowest BCUT2D eigenvalue weighted by Gasteiger charge is -2.38. The molecule has 1 saturated carbocycles. The molecule has 2 amide bonds. The van der Waals surface area contributed by atoms with Crippen molar-refractivity contribution in [1.29, 1.82) is 0 Å². The third kappa shape index (κ3) is 4.46. The second-order valence-electron chi connectivity index (χ2n) is 7.85. The molecule has 1 aliphatic heterocycles. The summed E-state index contributed by atoms with van der Waals surface area (Å²) in [5.74, 6) is -0.646. The minimum absolute atomic E-state index is 0.00203. The molecule has 8 heteroatoms. The Bertz CT molecular complexity index is 796. The van der Waals surface area contributed by atoms with Crippen LogP contribution in [0.1, 0.15) is 63.5 Å². The fourth-order valence-corrected chi connectivity index (χ4v) is 3.92. The van der Waals surface area contributed by atoms with Gasteiger partial charge in [-0.05, 0) is 51.2 Å². The standard InChI is InChI=1S/C21H26F3N3O2/c1-3-14(2)25-17(28)13-27-19(29)18(26-20(27)11-5-4-6-12-20)15-7-9-16(10-8-15)21(22,23)24/h7-10,14H,3-6,11-13H2,1-2H3,(H,25,28). The van der Waals surface area contributed by atoms with Gasteiger partial charge >= 0.3 is 6.18 Å². The second kappa shape index (κ2) is 8.16. The lowest BCUT2D eigenvalue weighted by atomic mass is 9.88. The van der Waals surface area contributed by atoms with Gasteiger partial charge in [0.2, 0.25) is 5.91 Å².